The van der Waals surface area contributed by atoms with Crippen LogP contribution in [0, 0.1) is 0 Å². The number of pyridine rings is 1. The molecule has 6 heteroatoms. The molecule has 118 valence electrons. The van der Waals surface area contributed by atoms with Crippen LogP contribution in [0.1, 0.15) is 45.3 Å². The molecule has 6 nitrogen and oxygen atoms in total. The van der Waals surface area contributed by atoms with Crippen LogP contribution in [0.5, 0.6) is 5.75 Å². The van der Waals surface area contributed by atoms with Crippen molar-refractivity contribution >= 4 is 11.9 Å². The normalized spacial score (nSPS) is 16.6. The second-order valence-electron chi connectivity index (χ2n) is 5.29. The zero-order chi connectivity index (χ0) is 16.2. The lowest BCUT2D eigenvalue weighted by molar-refractivity contribution is 0.0689. The van der Waals surface area contributed by atoms with Gasteiger partial charge in [-0.25, -0.2) is 9.78 Å². The molecule has 2 heterocycles. The summed E-state index contributed by atoms with van der Waals surface area (Å²) in [6.07, 6.45) is 2.90. The highest BCUT2D eigenvalue weighted by molar-refractivity contribution is 5.95. The maximum Gasteiger partial charge on any atom is 0.354 e. The number of carbonyl (C=O) groups is 2. The maximum atomic E-state index is 12.4. The topological polar surface area (TPSA) is 88.5 Å². The van der Waals surface area contributed by atoms with Crippen molar-refractivity contribution in [3.05, 3.63) is 59.4 Å². The summed E-state index contributed by atoms with van der Waals surface area (Å²) in [5, 5.41) is 11.8. The van der Waals surface area contributed by atoms with Crippen molar-refractivity contribution in [2.75, 3.05) is 6.61 Å². The van der Waals surface area contributed by atoms with Crippen LogP contribution in [0.3, 0.4) is 0 Å². The number of carboxylic acids is 1. The van der Waals surface area contributed by atoms with Gasteiger partial charge in [0.25, 0.3) is 5.91 Å². The number of amides is 1. The van der Waals surface area contributed by atoms with Gasteiger partial charge in [0.15, 0.2) is 0 Å². The second kappa shape index (κ2) is 6.48. The Morgan fingerprint density at radius 3 is 2.78 bits per heavy atom. The van der Waals surface area contributed by atoms with Crippen LogP contribution in [0.25, 0.3) is 0 Å². The van der Waals surface area contributed by atoms with Gasteiger partial charge in [-0.1, -0.05) is 18.2 Å². The van der Waals surface area contributed by atoms with Crippen LogP contribution in [0.15, 0.2) is 42.6 Å². The standard InChI is InChI=1S/C17H16N2O4/c20-16(11-7-8-14(17(21)22)18-10-11)19-13-5-3-9-23-15-6-2-1-4-12(13)15/h1-2,4,6-8,10,13H,3,5,9H2,(H,19,20)(H,21,22)/t13-/m1/s1. The Kier molecular flexibility index (Phi) is 4.23. The Balaban J connectivity index is 1.78. The first-order valence-corrected chi connectivity index (χ1v) is 7.37. The minimum absolute atomic E-state index is 0.0882. The van der Waals surface area contributed by atoms with Gasteiger partial charge in [-0.15, -0.1) is 0 Å². The Labute approximate surface area is 133 Å². The molecule has 1 amide bonds. The Bertz CT molecular complexity index is 728. The van der Waals surface area contributed by atoms with Crippen molar-refractivity contribution in [3.8, 4) is 5.75 Å². The van der Waals surface area contributed by atoms with Gasteiger partial charge in [0.1, 0.15) is 11.4 Å². The van der Waals surface area contributed by atoms with E-state index in [0.29, 0.717) is 12.2 Å². The number of hydrogen-bond acceptors (Lipinski definition) is 4. The molecule has 0 saturated heterocycles. The summed E-state index contributed by atoms with van der Waals surface area (Å²) in [6.45, 7) is 0.623. The number of para-hydroxylation sites is 1. The first-order chi connectivity index (χ1) is 11.1. The number of aromatic carboxylic acids is 1. The summed E-state index contributed by atoms with van der Waals surface area (Å²) in [5.41, 5.74) is 1.20. The summed E-state index contributed by atoms with van der Waals surface area (Å²) in [5.74, 6) is -0.613. The molecule has 2 aromatic rings. The van der Waals surface area contributed by atoms with Gasteiger partial charge in [-0.2, -0.15) is 0 Å². The van der Waals surface area contributed by atoms with Crippen LogP contribution in [0.2, 0.25) is 0 Å². The average molecular weight is 312 g/mol. The number of fused-ring (bicyclic) bond motifs is 1. The Morgan fingerprint density at radius 2 is 2.04 bits per heavy atom. The fraction of sp³-hybridized carbons (Fsp3) is 0.235. The van der Waals surface area contributed by atoms with Gasteiger partial charge in [-0.3, -0.25) is 4.79 Å². The van der Waals surface area contributed by atoms with Gasteiger partial charge in [0.05, 0.1) is 18.2 Å². The molecule has 0 unspecified atom stereocenters. The third-order valence-electron chi connectivity index (χ3n) is 3.74. The summed E-state index contributed by atoms with van der Waals surface area (Å²) < 4.78 is 5.68. The summed E-state index contributed by atoms with van der Waals surface area (Å²) in [7, 11) is 0. The number of nitrogens with one attached hydrogen (secondary N) is 1. The molecular weight excluding hydrogens is 296 g/mol. The van der Waals surface area contributed by atoms with Crippen LogP contribution in [0.4, 0.5) is 0 Å². The number of benzene rings is 1. The van der Waals surface area contributed by atoms with Crippen LogP contribution in [-0.4, -0.2) is 28.6 Å². The van der Waals surface area contributed by atoms with E-state index in [1.54, 1.807) is 0 Å². The van der Waals surface area contributed by atoms with E-state index in [1.807, 2.05) is 24.3 Å². The molecule has 23 heavy (non-hydrogen) atoms. The highest BCUT2D eigenvalue weighted by atomic mass is 16.5. The molecule has 0 fully saturated rings. The fourth-order valence-corrected chi connectivity index (χ4v) is 2.57. The summed E-state index contributed by atoms with van der Waals surface area (Å²) in [6, 6.07) is 10.3. The monoisotopic (exact) mass is 312 g/mol. The van der Waals surface area contributed by atoms with Crippen molar-refractivity contribution in [1.29, 1.82) is 0 Å². The number of hydrogen-bond donors (Lipinski definition) is 2. The van der Waals surface area contributed by atoms with E-state index in [9.17, 15) is 9.59 Å². The minimum atomic E-state index is -1.12. The van der Waals surface area contributed by atoms with Crippen molar-refractivity contribution in [2.45, 2.75) is 18.9 Å². The van der Waals surface area contributed by atoms with E-state index in [1.165, 1.54) is 18.3 Å². The third-order valence-corrected chi connectivity index (χ3v) is 3.74. The Hall–Kier alpha value is -2.89. The summed E-state index contributed by atoms with van der Waals surface area (Å²) in [4.78, 5) is 26.9. The maximum absolute atomic E-state index is 12.4. The molecule has 3 rings (SSSR count). The van der Waals surface area contributed by atoms with Gasteiger partial charge < -0.3 is 15.2 Å². The van der Waals surface area contributed by atoms with Crippen molar-refractivity contribution in [1.82, 2.24) is 10.3 Å². The Morgan fingerprint density at radius 1 is 1.22 bits per heavy atom. The van der Waals surface area contributed by atoms with Crippen LogP contribution >= 0.6 is 0 Å². The van der Waals surface area contributed by atoms with Crippen molar-refractivity contribution in [3.63, 3.8) is 0 Å². The molecule has 0 spiro atoms. The van der Waals surface area contributed by atoms with E-state index in [-0.39, 0.29) is 17.6 Å². The largest absolute Gasteiger partial charge is 0.493 e. The van der Waals surface area contributed by atoms with E-state index < -0.39 is 5.97 Å². The predicted octanol–water partition coefficient (Wildman–Crippen LogP) is 2.42. The van der Waals surface area contributed by atoms with E-state index in [2.05, 4.69) is 10.3 Å². The SMILES string of the molecule is O=C(N[C@@H]1CCCOc2ccccc21)c1ccc(C(=O)O)nc1. The number of aromatic nitrogens is 1. The van der Waals surface area contributed by atoms with Gasteiger partial charge >= 0.3 is 5.97 Å². The number of nitrogens with zero attached hydrogens (tertiary/aromatic N) is 1. The van der Waals surface area contributed by atoms with Crippen molar-refractivity contribution in [2.24, 2.45) is 0 Å². The molecule has 2 N–H and O–H groups in total. The van der Waals surface area contributed by atoms with Crippen molar-refractivity contribution < 1.29 is 19.4 Å². The lowest BCUT2D eigenvalue weighted by atomic mass is 10.0. The molecule has 1 aromatic carbocycles. The zero-order valence-electron chi connectivity index (χ0n) is 12.4. The predicted molar refractivity (Wildman–Crippen MR) is 82.6 cm³/mol. The van der Waals surface area contributed by atoms with Crippen LogP contribution in [-0.2, 0) is 0 Å². The molecule has 1 atom stereocenters. The summed E-state index contributed by atoms with van der Waals surface area (Å²) >= 11 is 0. The van der Waals surface area contributed by atoms with Gasteiger partial charge in [0.2, 0.25) is 0 Å². The minimum Gasteiger partial charge on any atom is -0.493 e. The average Bonchev–Trinajstić information content (AvgIpc) is 2.77. The highest BCUT2D eigenvalue weighted by Crippen LogP contribution is 2.31. The fourth-order valence-electron chi connectivity index (χ4n) is 2.57. The lowest BCUT2D eigenvalue weighted by Crippen LogP contribution is -2.28. The second-order valence-corrected chi connectivity index (χ2v) is 5.29. The molecule has 1 aromatic heterocycles. The number of ether oxygens (including phenoxy) is 1. The zero-order valence-corrected chi connectivity index (χ0v) is 12.4. The molecule has 0 bridgehead atoms. The first kappa shape index (κ1) is 15.0. The molecular formula is C17H16N2O4. The smallest absolute Gasteiger partial charge is 0.354 e. The molecule has 1 aliphatic heterocycles. The molecule has 0 radical (unpaired) electrons. The molecule has 0 aliphatic carbocycles. The number of rotatable bonds is 3. The number of carbonyl (C=O) groups excluding carboxylic acids is 1. The van der Waals surface area contributed by atoms with E-state index in [0.717, 1.165) is 24.2 Å². The first-order valence-electron chi connectivity index (χ1n) is 7.37. The van der Waals surface area contributed by atoms with E-state index >= 15 is 0 Å². The van der Waals surface area contributed by atoms with Gasteiger partial charge in [-0.05, 0) is 31.0 Å². The van der Waals surface area contributed by atoms with E-state index in [4.69, 9.17) is 9.84 Å². The quantitative estimate of drug-likeness (QED) is 0.908. The number of carboxylic acid groups (broad SMARTS) is 1. The van der Waals surface area contributed by atoms with Gasteiger partial charge in [0, 0.05) is 11.8 Å². The highest BCUT2D eigenvalue weighted by Gasteiger charge is 2.21. The molecule has 0 saturated carbocycles. The lowest BCUT2D eigenvalue weighted by Gasteiger charge is -2.18. The third kappa shape index (κ3) is 3.31. The van der Waals surface area contributed by atoms with Crippen LogP contribution < -0.4 is 10.1 Å². The molecule has 1 aliphatic rings.